The predicted octanol–water partition coefficient (Wildman–Crippen LogP) is 5.72. The maximum atomic E-state index is 5.51. The molecule has 1 aromatic carbocycles. The van der Waals surface area contributed by atoms with Crippen molar-refractivity contribution in [2.24, 2.45) is 0 Å². The number of rotatable bonds is 5. The summed E-state index contributed by atoms with van der Waals surface area (Å²) in [5.41, 5.74) is 2.36. The van der Waals surface area contributed by atoms with Crippen molar-refractivity contribution in [3.05, 3.63) is 58.6 Å². The number of hydrogen-bond donors (Lipinski definition) is 0. The largest absolute Gasteiger partial charge is 0.494 e. The van der Waals surface area contributed by atoms with E-state index < -0.39 is 0 Å². The molecule has 3 heteroatoms. The van der Waals surface area contributed by atoms with E-state index in [0.29, 0.717) is 6.61 Å². The van der Waals surface area contributed by atoms with Crippen LogP contribution >= 0.6 is 38.5 Å². The van der Waals surface area contributed by atoms with Crippen LogP contribution in [0.3, 0.4) is 0 Å². The number of benzene rings is 1. The summed E-state index contributed by atoms with van der Waals surface area (Å²) in [6.07, 6.45) is 3.84. The van der Waals surface area contributed by atoms with Crippen molar-refractivity contribution in [2.75, 3.05) is 6.61 Å². The van der Waals surface area contributed by atoms with Gasteiger partial charge in [-0.1, -0.05) is 40.7 Å². The molecular weight excluding hydrogens is 403 g/mol. The summed E-state index contributed by atoms with van der Waals surface area (Å²) >= 11 is 5.79. The van der Waals surface area contributed by atoms with E-state index >= 15 is 0 Å². The molecule has 0 amide bonds. The van der Waals surface area contributed by atoms with Gasteiger partial charge in [-0.05, 0) is 65.8 Å². The zero-order valence-corrected chi connectivity index (χ0v) is 14.3. The van der Waals surface area contributed by atoms with E-state index in [4.69, 9.17) is 4.74 Å². The Kier molecular flexibility index (Phi) is 6.71. The first-order valence-electron chi connectivity index (χ1n) is 5.67. The van der Waals surface area contributed by atoms with Crippen molar-refractivity contribution < 1.29 is 4.74 Å². The van der Waals surface area contributed by atoms with Crippen LogP contribution in [0.25, 0.3) is 3.58 Å². The molecule has 1 aromatic rings. The summed E-state index contributed by atoms with van der Waals surface area (Å²) < 4.78 is 7.70. The molecule has 0 heterocycles. The molecule has 0 unspecified atom stereocenters. The zero-order chi connectivity index (χ0) is 13.5. The second-order valence-corrected chi connectivity index (χ2v) is 5.69. The molecule has 0 aliphatic heterocycles. The molecule has 0 saturated carbocycles. The van der Waals surface area contributed by atoms with Gasteiger partial charge in [-0.2, -0.15) is 0 Å². The van der Waals surface area contributed by atoms with Gasteiger partial charge in [0.25, 0.3) is 0 Å². The number of hydrogen-bond acceptors (Lipinski definition) is 1. The topological polar surface area (TPSA) is 9.23 Å². The Bertz CT molecular complexity index is 489. The quantitative estimate of drug-likeness (QED) is 0.439. The zero-order valence-electron chi connectivity index (χ0n) is 10.5. The predicted molar refractivity (Wildman–Crippen MR) is 91.4 cm³/mol. The van der Waals surface area contributed by atoms with Crippen LogP contribution in [0.1, 0.15) is 19.4 Å². The Labute approximate surface area is 131 Å². The van der Waals surface area contributed by atoms with Crippen molar-refractivity contribution in [3.63, 3.8) is 0 Å². The van der Waals surface area contributed by atoms with Gasteiger partial charge in [-0.3, -0.25) is 0 Å². The summed E-state index contributed by atoms with van der Waals surface area (Å²) in [6.45, 7) is 8.48. The third kappa shape index (κ3) is 4.61. The first kappa shape index (κ1) is 15.5. The average molecular weight is 419 g/mol. The molecule has 1 rings (SSSR count). The molecule has 1 nitrogen and oxygen atoms in total. The second-order valence-electron chi connectivity index (χ2n) is 3.69. The maximum Gasteiger partial charge on any atom is 0.119 e. The van der Waals surface area contributed by atoms with Crippen LogP contribution in [0.15, 0.2) is 53.1 Å². The van der Waals surface area contributed by atoms with Crippen molar-refractivity contribution in [2.45, 2.75) is 13.8 Å². The lowest BCUT2D eigenvalue weighted by molar-refractivity contribution is 0.340. The lowest BCUT2D eigenvalue weighted by Gasteiger charge is -2.07. The summed E-state index contributed by atoms with van der Waals surface area (Å²) in [5.74, 6) is 0.906. The van der Waals surface area contributed by atoms with Crippen LogP contribution in [-0.4, -0.2) is 6.61 Å². The lowest BCUT2D eigenvalue weighted by Crippen LogP contribution is -1.91. The molecule has 0 N–H and O–H groups in total. The van der Waals surface area contributed by atoms with E-state index in [0.717, 1.165) is 10.2 Å². The molecule has 0 aromatic heterocycles. The number of allylic oxidation sites excluding steroid dienone is 4. The summed E-state index contributed by atoms with van der Waals surface area (Å²) in [5, 5.41) is 0. The minimum absolute atomic E-state index is 0.685. The van der Waals surface area contributed by atoms with E-state index in [1.54, 1.807) is 6.08 Å². The van der Waals surface area contributed by atoms with Gasteiger partial charge in [0.1, 0.15) is 5.75 Å². The Morgan fingerprint density at radius 1 is 1.50 bits per heavy atom. The Balaban J connectivity index is 3.09. The van der Waals surface area contributed by atoms with E-state index in [9.17, 15) is 0 Å². The van der Waals surface area contributed by atoms with Crippen molar-refractivity contribution in [1.82, 2.24) is 0 Å². The highest BCUT2D eigenvalue weighted by Crippen LogP contribution is 2.30. The third-order valence-electron chi connectivity index (χ3n) is 2.29. The van der Waals surface area contributed by atoms with Crippen LogP contribution in [0.4, 0.5) is 0 Å². The third-order valence-corrected chi connectivity index (χ3v) is 4.32. The smallest absolute Gasteiger partial charge is 0.119 e. The van der Waals surface area contributed by atoms with Gasteiger partial charge < -0.3 is 4.74 Å². The second kappa shape index (κ2) is 7.79. The van der Waals surface area contributed by atoms with Crippen LogP contribution in [0.2, 0.25) is 0 Å². The first-order chi connectivity index (χ1) is 8.58. The summed E-state index contributed by atoms with van der Waals surface area (Å²) in [4.78, 5) is 0. The van der Waals surface area contributed by atoms with Gasteiger partial charge >= 0.3 is 0 Å². The SMILES string of the molecule is C=C/C(Br)=C\C(C)=C(/I)c1cccc(OCC)c1. The van der Waals surface area contributed by atoms with Crippen LogP contribution in [0, 0.1) is 0 Å². The van der Waals surface area contributed by atoms with E-state index in [1.165, 1.54) is 14.7 Å². The van der Waals surface area contributed by atoms with Gasteiger partial charge in [-0.15, -0.1) is 0 Å². The molecule has 0 bridgehead atoms. The van der Waals surface area contributed by atoms with Crippen LogP contribution < -0.4 is 4.74 Å². The normalized spacial score (nSPS) is 13.0. The molecule has 18 heavy (non-hydrogen) atoms. The fourth-order valence-corrected chi connectivity index (χ4v) is 2.28. The van der Waals surface area contributed by atoms with Crippen molar-refractivity contribution in [1.29, 1.82) is 0 Å². The highest BCUT2D eigenvalue weighted by Gasteiger charge is 2.03. The monoisotopic (exact) mass is 418 g/mol. The fraction of sp³-hybridized carbons (Fsp3) is 0.200. The molecular formula is C15H16BrIO. The summed E-state index contributed by atoms with van der Waals surface area (Å²) in [7, 11) is 0. The molecule has 0 aliphatic carbocycles. The first-order valence-corrected chi connectivity index (χ1v) is 7.55. The number of ether oxygens (including phenoxy) is 1. The minimum atomic E-state index is 0.685. The Morgan fingerprint density at radius 2 is 2.22 bits per heavy atom. The Hall–Kier alpha value is -0.550. The Morgan fingerprint density at radius 3 is 2.83 bits per heavy atom. The standard InChI is InChI=1S/C15H16BrIO/c1-4-13(16)9-11(3)15(17)12-7-6-8-14(10-12)18-5-2/h4,6-10H,1,5H2,2-3H3/b13-9+,15-11-. The molecule has 0 radical (unpaired) electrons. The molecule has 0 fully saturated rings. The van der Waals surface area contributed by atoms with Gasteiger partial charge in [0, 0.05) is 8.06 Å². The highest BCUT2D eigenvalue weighted by atomic mass is 127. The van der Waals surface area contributed by atoms with E-state index in [1.807, 2.05) is 19.1 Å². The maximum absolute atomic E-state index is 5.51. The van der Waals surface area contributed by atoms with Crippen LogP contribution in [0.5, 0.6) is 5.75 Å². The molecule has 96 valence electrons. The van der Waals surface area contributed by atoms with Gasteiger partial charge in [-0.25, -0.2) is 0 Å². The number of halogens is 2. The van der Waals surface area contributed by atoms with Gasteiger partial charge in [0.2, 0.25) is 0 Å². The lowest BCUT2D eigenvalue weighted by atomic mass is 10.1. The molecule has 0 atom stereocenters. The van der Waals surface area contributed by atoms with Crippen molar-refractivity contribution >= 4 is 42.1 Å². The van der Waals surface area contributed by atoms with Gasteiger partial charge in [0.15, 0.2) is 0 Å². The van der Waals surface area contributed by atoms with Crippen LogP contribution in [-0.2, 0) is 0 Å². The van der Waals surface area contributed by atoms with Gasteiger partial charge in [0.05, 0.1) is 6.61 Å². The van der Waals surface area contributed by atoms with Crippen molar-refractivity contribution in [3.8, 4) is 5.75 Å². The molecule has 0 saturated heterocycles. The van der Waals surface area contributed by atoms with E-state index in [-0.39, 0.29) is 0 Å². The average Bonchev–Trinajstić information content (AvgIpc) is 2.38. The molecule has 0 spiro atoms. The highest BCUT2D eigenvalue weighted by molar-refractivity contribution is 14.1. The fourth-order valence-electron chi connectivity index (χ4n) is 1.45. The molecule has 0 aliphatic rings. The van der Waals surface area contributed by atoms with E-state index in [2.05, 4.69) is 70.2 Å². The summed E-state index contributed by atoms with van der Waals surface area (Å²) in [6, 6.07) is 8.13. The minimum Gasteiger partial charge on any atom is -0.494 e.